The van der Waals surface area contributed by atoms with Crippen molar-refractivity contribution >= 4 is 16.6 Å². The van der Waals surface area contributed by atoms with E-state index in [1.54, 1.807) is 6.07 Å². The lowest BCUT2D eigenvalue weighted by Crippen LogP contribution is -2.00. The van der Waals surface area contributed by atoms with E-state index in [1.807, 2.05) is 43.5 Å². The largest absolute Gasteiger partial charge is 0.494 e. The highest BCUT2D eigenvalue weighted by Crippen LogP contribution is 2.23. The third kappa shape index (κ3) is 2.70. The summed E-state index contributed by atoms with van der Waals surface area (Å²) in [5.41, 5.74) is 7.66. The van der Waals surface area contributed by atoms with Gasteiger partial charge in [-0.15, -0.1) is 0 Å². The molecule has 0 atom stereocenters. The number of nitrogen functional groups attached to an aromatic ring is 1. The third-order valence-electron chi connectivity index (χ3n) is 3.47. The average molecular weight is 284 g/mol. The molecule has 0 aliphatic carbocycles. The maximum Gasteiger partial charge on any atom is 0.146 e. The summed E-state index contributed by atoms with van der Waals surface area (Å²) < 4.78 is 21.1. The van der Waals surface area contributed by atoms with Crippen LogP contribution in [0.5, 0.6) is 5.75 Å². The van der Waals surface area contributed by atoms with Crippen molar-refractivity contribution in [3.63, 3.8) is 0 Å². The average Bonchev–Trinajstić information content (AvgIpc) is 2.86. The summed E-state index contributed by atoms with van der Waals surface area (Å²) in [6.45, 7) is 3.22. The minimum atomic E-state index is -0.373. The number of anilines is 1. The predicted molar refractivity (Wildman–Crippen MR) is 83.0 cm³/mol. The van der Waals surface area contributed by atoms with Gasteiger partial charge in [0.25, 0.3) is 0 Å². The highest BCUT2D eigenvalue weighted by Gasteiger charge is 2.05. The van der Waals surface area contributed by atoms with E-state index < -0.39 is 0 Å². The number of hydrogen-bond donors (Lipinski definition) is 1. The molecule has 0 spiro atoms. The molecular weight excluding hydrogens is 267 g/mol. The Bertz CT molecular complexity index is 780. The molecule has 2 aromatic carbocycles. The number of rotatable bonds is 4. The Labute approximate surface area is 122 Å². The first-order valence-corrected chi connectivity index (χ1v) is 6.93. The smallest absolute Gasteiger partial charge is 0.146 e. The van der Waals surface area contributed by atoms with Crippen molar-refractivity contribution in [2.24, 2.45) is 0 Å². The van der Waals surface area contributed by atoms with Gasteiger partial charge in [-0.05, 0) is 48.9 Å². The fourth-order valence-corrected chi connectivity index (χ4v) is 2.44. The van der Waals surface area contributed by atoms with Crippen molar-refractivity contribution < 1.29 is 9.13 Å². The number of nitrogens with two attached hydrogens (primary N) is 1. The van der Waals surface area contributed by atoms with Crippen LogP contribution in [0.3, 0.4) is 0 Å². The van der Waals surface area contributed by atoms with Crippen molar-refractivity contribution in [2.45, 2.75) is 13.5 Å². The Kier molecular flexibility index (Phi) is 3.52. The standard InChI is InChI=1S/C17H17FN2O/c1-2-21-14-4-6-17-13(10-14)7-8-20(17)11-12-3-5-16(19)15(18)9-12/h3-10H,2,11,19H2,1H3. The van der Waals surface area contributed by atoms with Gasteiger partial charge in [-0.2, -0.15) is 0 Å². The van der Waals surface area contributed by atoms with Crippen molar-refractivity contribution in [2.75, 3.05) is 12.3 Å². The van der Waals surface area contributed by atoms with Gasteiger partial charge >= 0.3 is 0 Å². The van der Waals surface area contributed by atoms with Crippen molar-refractivity contribution in [3.05, 3.63) is 60.0 Å². The number of aromatic nitrogens is 1. The molecule has 0 aliphatic heterocycles. The Morgan fingerprint density at radius 3 is 2.76 bits per heavy atom. The quantitative estimate of drug-likeness (QED) is 0.740. The molecule has 0 aliphatic rings. The van der Waals surface area contributed by atoms with Crippen LogP contribution in [-0.4, -0.2) is 11.2 Å². The topological polar surface area (TPSA) is 40.2 Å². The zero-order valence-corrected chi connectivity index (χ0v) is 11.8. The first-order chi connectivity index (χ1) is 10.2. The zero-order chi connectivity index (χ0) is 14.8. The van der Waals surface area contributed by atoms with Gasteiger partial charge in [-0.25, -0.2) is 4.39 Å². The molecule has 0 saturated heterocycles. The lowest BCUT2D eigenvalue weighted by molar-refractivity contribution is 0.340. The maximum atomic E-state index is 13.5. The van der Waals surface area contributed by atoms with Gasteiger partial charge in [0.05, 0.1) is 12.3 Å². The van der Waals surface area contributed by atoms with Crippen LogP contribution >= 0.6 is 0 Å². The van der Waals surface area contributed by atoms with Crippen LogP contribution in [0, 0.1) is 5.82 Å². The Balaban J connectivity index is 1.91. The summed E-state index contributed by atoms with van der Waals surface area (Å²) in [7, 11) is 0. The minimum absolute atomic E-state index is 0.178. The van der Waals surface area contributed by atoms with Gasteiger partial charge < -0.3 is 15.0 Å². The predicted octanol–water partition coefficient (Wildman–Crippen LogP) is 3.81. The molecule has 0 saturated carbocycles. The molecule has 108 valence electrons. The van der Waals surface area contributed by atoms with Crippen LogP contribution in [0.15, 0.2) is 48.7 Å². The monoisotopic (exact) mass is 284 g/mol. The lowest BCUT2D eigenvalue weighted by Gasteiger charge is -2.08. The highest BCUT2D eigenvalue weighted by molar-refractivity contribution is 5.81. The van der Waals surface area contributed by atoms with Gasteiger partial charge in [-0.1, -0.05) is 6.07 Å². The minimum Gasteiger partial charge on any atom is -0.494 e. The Hall–Kier alpha value is -2.49. The second-order valence-electron chi connectivity index (χ2n) is 4.95. The summed E-state index contributed by atoms with van der Waals surface area (Å²) in [5, 5.41) is 1.11. The Morgan fingerprint density at radius 2 is 2.00 bits per heavy atom. The van der Waals surface area contributed by atoms with E-state index >= 15 is 0 Å². The first kappa shape index (κ1) is 13.5. The van der Waals surface area contributed by atoms with E-state index in [0.717, 1.165) is 22.2 Å². The number of benzene rings is 2. The fourth-order valence-electron chi connectivity index (χ4n) is 2.44. The SMILES string of the molecule is CCOc1ccc2c(ccn2Cc2ccc(N)c(F)c2)c1. The Morgan fingerprint density at radius 1 is 1.14 bits per heavy atom. The second kappa shape index (κ2) is 5.48. The van der Waals surface area contributed by atoms with E-state index in [-0.39, 0.29) is 11.5 Å². The summed E-state index contributed by atoms with van der Waals surface area (Å²) >= 11 is 0. The molecule has 3 nitrogen and oxygen atoms in total. The van der Waals surface area contributed by atoms with Gasteiger partial charge in [0.1, 0.15) is 11.6 Å². The molecule has 21 heavy (non-hydrogen) atoms. The maximum absolute atomic E-state index is 13.5. The molecule has 1 heterocycles. The number of nitrogens with zero attached hydrogens (tertiary/aromatic N) is 1. The van der Waals surface area contributed by atoms with Crippen LogP contribution < -0.4 is 10.5 Å². The van der Waals surface area contributed by atoms with Crippen LogP contribution in [0.1, 0.15) is 12.5 Å². The molecule has 0 bridgehead atoms. The van der Waals surface area contributed by atoms with Crippen LogP contribution in [0.4, 0.5) is 10.1 Å². The number of halogens is 1. The zero-order valence-electron chi connectivity index (χ0n) is 11.8. The van der Waals surface area contributed by atoms with E-state index in [1.165, 1.54) is 6.07 Å². The molecule has 0 radical (unpaired) electrons. The molecule has 2 N–H and O–H groups in total. The number of hydrogen-bond acceptors (Lipinski definition) is 2. The van der Waals surface area contributed by atoms with Crippen molar-refractivity contribution in [1.29, 1.82) is 0 Å². The first-order valence-electron chi connectivity index (χ1n) is 6.93. The van der Waals surface area contributed by atoms with E-state index in [2.05, 4.69) is 4.57 Å². The summed E-state index contributed by atoms with van der Waals surface area (Å²) in [5.74, 6) is 0.490. The molecular formula is C17H17FN2O. The van der Waals surface area contributed by atoms with Gasteiger partial charge in [-0.3, -0.25) is 0 Å². The summed E-state index contributed by atoms with van der Waals surface area (Å²) in [6.07, 6.45) is 1.99. The summed E-state index contributed by atoms with van der Waals surface area (Å²) in [6, 6.07) is 12.9. The van der Waals surface area contributed by atoms with E-state index in [0.29, 0.717) is 13.2 Å². The van der Waals surface area contributed by atoms with E-state index in [9.17, 15) is 4.39 Å². The molecule has 4 heteroatoms. The van der Waals surface area contributed by atoms with Crippen LogP contribution in [0.25, 0.3) is 10.9 Å². The molecule has 3 aromatic rings. The fraction of sp³-hybridized carbons (Fsp3) is 0.176. The van der Waals surface area contributed by atoms with Crippen molar-refractivity contribution in [3.8, 4) is 5.75 Å². The molecule has 0 fully saturated rings. The summed E-state index contributed by atoms with van der Waals surface area (Å²) in [4.78, 5) is 0. The molecule has 0 unspecified atom stereocenters. The van der Waals surface area contributed by atoms with Crippen LogP contribution in [-0.2, 0) is 6.54 Å². The third-order valence-corrected chi connectivity index (χ3v) is 3.47. The number of fused-ring (bicyclic) bond motifs is 1. The molecule has 0 amide bonds. The lowest BCUT2D eigenvalue weighted by atomic mass is 10.2. The van der Waals surface area contributed by atoms with Crippen molar-refractivity contribution in [1.82, 2.24) is 4.57 Å². The van der Waals surface area contributed by atoms with Gasteiger partial charge in [0.15, 0.2) is 0 Å². The van der Waals surface area contributed by atoms with Gasteiger partial charge in [0, 0.05) is 23.6 Å². The normalized spacial score (nSPS) is 11.0. The number of ether oxygens (including phenoxy) is 1. The van der Waals surface area contributed by atoms with Gasteiger partial charge in [0.2, 0.25) is 0 Å². The van der Waals surface area contributed by atoms with Crippen LogP contribution in [0.2, 0.25) is 0 Å². The molecule has 1 aromatic heterocycles. The molecule has 3 rings (SSSR count). The van der Waals surface area contributed by atoms with E-state index in [4.69, 9.17) is 10.5 Å². The highest BCUT2D eigenvalue weighted by atomic mass is 19.1. The second-order valence-corrected chi connectivity index (χ2v) is 4.95.